The topological polar surface area (TPSA) is 86.3 Å². The Morgan fingerprint density at radius 2 is 2.13 bits per heavy atom. The van der Waals surface area contributed by atoms with Crippen LogP contribution in [0.3, 0.4) is 0 Å². The van der Waals surface area contributed by atoms with Crippen molar-refractivity contribution in [2.24, 2.45) is 4.99 Å². The number of alkyl halides is 2. The zero-order chi connectivity index (χ0) is 21.6. The van der Waals surface area contributed by atoms with Crippen molar-refractivity contribution in [1.29, 1.82) is 0 Å². The Labute approximate surface area is 176 Å². The summed E-state index contributed by atoms with van der Waals surface area (Å²) in [7, 11) is -3.12. The number of nitrogens with one attached hydrogen (secondary N) is 2. The second-order valence-corrected chi connectivity index (χ2v) is 9.34. The monoisotopic (exact) mass is 445 g/mol. The predicted octanol–water partition coefficient (Wildman–Crippen LogP) is 1.46. The number of anilines is 1. The van der Waals surface area contributed by atoms with Crippen molar-refractivity contribution in [1.82, 2.24) is 14.9 Å². The third-order valence-electron chi connectivity index (χ3n) is 5.12. The number of sulfonamides is 1. The number of para-hydroxylation sites is 2. The maximum Gasteiger partial charge on any atom is 0.387 e. The van der Waals surface area contributed by atoms with Gasteiger partial charge >= 0.3 is 6.61 Å². The number of rotatable bonds is 8. The average molecular weight is 446 g/mol. The van der Waals surface area contributed by atoms with Crippen LogP contribution in [0.5, 0.6) is 5.75 Å². The van der Waals surface area contributed by atoms with Crippen LogP contribution in [-0.2, 0) is 10.0 Å². The standard InChI is InChI=1S/C19H29F2N5O3S/c1-2-22-19(23-9-12-26-10-5-13-30(26,27)28)24-15-8-11-25(14-15)16-6-3-4-7-17(16)29-18(20)21/h3-4,6-7,15,18H,2,5,8-14H2,1H3,(H2,22,23,24). The first-order valence-corrected chi connectivity index (χ1v) is 11.8. The number of nitrogens with zero attached hydrogens (tertiary/aromatic N) is 3. The summed E-state index contributed by atoms with van der Waals surface area (Å²) in [5.41, 5.74) is 0.642. The molecule has 2 fully saturated rings. The number of hydrogen-bond donors (Lipinski definition) is 2. The molecule has 2 aliphatic heterocycles. The van der Waals surface area contributed by atoms with Crippen LogP contribution in [0.1, 0.15) is 19.8 Å². The second-order valence-electron chi connectivity index (χ2n) is 7.25. The fourth-order valence-electron chi connectivity index (χ4n) is 3.74. The third kappa shape index (κ3) is 5.94. The summed E-state index contributed by atoms with van der Waals surface area (Å²) in [5.74, 6) is 1.00. The van der Waals surface area contributed by atoms with Gasteiger partial charge in [-0.3, -0.25) is 4.99 Å². The van der Waals surface area contributed by atoms with Gasteiger partial charge in [0.1, 0.15) is 5.75 Å². The van der Waals surface area contributed by atoms with E-state index in [1.165, 1.54) is 4.31 Å². The highest BCUT2D eigenvalue weighted by Gasteiger charge is 2.28. The van der Waals surface area contributed by atoms with Gasteiger partial charge in [-0.25, -0.2) is 12.7 Å². The fourth-order valence-corrected chi connectivity index (χ4v) is 5.26. The summed E-state index contributed by atoms with van der Waals surface area (Å²) in [4.78, 5) is 6.52. The zero-order valence-corrected chi connectivity index (χ0v) is 17.9. The second kappa shape index (κ2) is 10.3. The lowest BCUT2D eigenvalue weighted by Gasteiger charge is -2.22. The maximum absolute atomic E-state index is 12.7. The van der Waals surface area contributed by atoms with Crippen molar-refractivity contribution in [3.8, 4) is 5.75 Å². The van der Waals surface area contributed by atoms with Gasteiger partial charge < -0.3 is 20.3 Å². The molecule has 0 amide bonds. The highest BCUT2D eigenvalue weighted by molar-refractivity contribution is 7.89. The average Bonchev–Trinajstić information content (AvgIpc) is 3.28. The van der Waals surface area contributed by atoms with E-state index in [9.17, 15) is 17.2 Å². The van der Waals surface area contributed by atoms with Crippen LogP contribution in [0.15, 0.2) is 29.3 Å². The highest BCUT2D eigenvalue weighted by Crippen LogP contribution is 2.31. The van der Waals surface area contributed by atoms with Gasteiger partial charge in [0.2, 0.25) is 10.0 Å². The molecule has 168 valence electrons. The van der Waals surface area contributed by atoms with Gasteiger partial charge in [0.15, 0.2) is 5.96 Å². The molecule has 0 radical (unpaired) electrons. The van der Waals surface area contributed by atoms with E-state index in [0.717, 1.165) is 6.42 Å². The summed E-state index contributed by atoms with van der Waals surface area (Å²) in [5, 5.41) is 6.54. The van der Waals surface area contributed by atoms with Crippen LogP contribution < -0.4 is 20.3 Å². The van der Waals surface area contributed by atoms with Crippen LogP contribution in [0.2, 0.25) is 0 Å². The molecule has 0 aromatic heterocycles. The van der Waals surface area contributed by atoms with E-state index in [1.807, 2.05) is 11.8 Å². The molecular formula is C19H29F2N5O3S. The lowest BCUT2D eigenvalue weighted by Crippen LogP contribution is -2.45. The third-order valence-corrected chi connectivity index (χ3v) is 7.07. The maximum atomic E-state index is 12.7. The predicted molar refractivity (Wildman–Crippen MR) is 113 cm³/mol. The van der Waals surface area contributed by atoms with Crippen molar-refractivity contribution in [2.75, 3.05) is 49.9 Å². The molecule has 2 saturated heterocycles. The van der Waals surface area contributed by atoms with Gasteiger partial charge in [0.05, 0.1) is 18.0 Å². The molecule has 30 heavy (non-hydrogen) atoms. The van der Waals surface area contributed by atoms with Crippen molar-refractivity contribution >= 4 is 21.7 Å². The number of ether oxygens (including phenoxy) is 1. The van der Waals surface area contributed by atoms with E-state index in [1.54, 1.807) is 24.3 Å². The number of hydrogen-bond acceptors (Lipinski definition) is 5. The van der Waals surface area contributed by atoms with E-state index in [0.29, 0.717) is 57.3 Å². The molecule has 2 aliphatic rings. The molecule has 2 heterocycles. The molecule has 1 aromatic carbocycles. The number of guanidine groups is 1. The van der Waals surface area contributed by atoms with Gasteiger partial charge in [-0.15, -0.1) is 0 Å². The molecule has 0 aliphatic carbocycles. The quantitative estimate of drug-likeness (QED) is 0.466. The molecule has 8 nitrogen and oxygen atoms in total. The van der Waals surface area contributed by atoms with Gasteiger partial charge in [-0.1, -0.05) is 12.1 Å². The smallest absolute Gasteiger partial charge is 0.387 e. The number of aliphatic imine (C=N–C) groups is 1. The Morgan fingerprint density at radius 3 is 2.83 bits per heavy atom. The van der Waals surface area contributed by atoms with E-state index < -0.39 is 16.6 Å². The molecule has 3 rings (SSSR count). The van der Waals surface area contributed by atoms with Gasteiger partial charge in [0.25, 0.3) is 0 Å². The van der Waals surface area contributed by atoms with Crippen molar-refractivity contribution in [3.05, 3.63) is 24.3 Å². The van der Waals surface area contributed by atoms with E-state index >= 15 is 0 Å². The minimum absolute atomic E-state index is 0.0814. The Kier molecular flexibility index (Phi) is 7.70. The minimum Gasteiger partial charge on any atom is -0.433 e. The first kappa shape index (κ1) is 22.5. The molecule has 1 atom stereocenters. The lowest BCUT2D eigenvalue weighted by molar-refractivity contribution is -0.0495. The molecule has 0 spiro atoms. The van der Waals surface area contributed by atoms with Gasteiger partial charge in [-0.05, 0) is 31.9 Å². The first-order chi connectivity index (χ1) is 14.4. The Hall–Kier alpha value is -2.14. The van der Waals surface area contributed by atoms with Crippen LogP contribution >= 0.6 is 0 Å². The number of halogens is 2. The minimum atomic E-state index is -3.12. The molecule has 1 aromatic rings. The van der Waals surface area contributed by atoms with E-state index in [4.69, 9.17) is 0 Å². The molecule has 11 heteroatoms. The summed E-state index contributed by atoms with van der Waals surface area (Å²) in [6.07, 6.45) is 1.48. The largest absolute Gasteiger partial charge is 0.433 e. The van der Waals surface area contributed by atoms with Crippen LogP contribution in [0.25, 0.3) is 0 Å². The highest BCUT2D eigenvalue weighted by atomic mass is 32.2. The molecule has 2 N–H and O–H groups in total. The zero-order valence-electron chi connectivity index (χ0n) is 17.1. The van der Waals surface area contributed by atoms with E-state index in [-0.39, 0.29) is 17.5 Å². The van der Waals surface area contributed by atoms with Gasteiger partial charge in [-0.2, -0.15) is 8.78 Å². The van der Waals surface area contributed by atoms with Crippen molar-refractivity contribution in [2.45, 2.75) is 32.4 Å². The SMILES string of the molecule is CCNC(=NCCN1CCCS1(=O)=O)NC1CCN(c2ccccc2OC(F)F)C1. The summed E-state index contributed by atoms with van der Waals surface area (Å²) >= 11 is 0. The lowest BCUT2D eigenvalue weighted by atomic mass is 10.2. The van der Waals surface area contributed by atoms with Crippen molar-refractivity contribution < 1.29 is 21.9 Å². The van der Waals surface area contributed by atoms with Crippen LogP contribution in [0.4, 0.5) is 14.5 Å². The normalized spacial score (nSPS) is 21.9. The number of benzene rings is 1. The Morgan fingerprint density at radius 1 is 1.33 bits per heavy atom. The first-order valence-electron chi connectivity index (χ1n) is 10.2. The van der Waals surface area contributed by atoms with E-state index in [2.05, 4.69) is 20.4 Å². The Bertz CT molecular complexity index is 837. The fraction of sp³-hybridized carbons (Fsp3) is 0.632. The van der Waals surface area contributed by atoms with Crippen molar-refractivity contribution in [3.63, 3.8) is 0 Å². The van der Waals surface area contributed by atoms with Crippen LogP contribution in [-0.4, -0.2) is 76.4 Å². The molecule has 0 bridgehead atoms. The molecular weight excluding hydrogens is 416 g/mol. The van der Waals surface area contributed by atoms with Gasteiger partial charge in [0, 0.05) is 38.8 Å². The summed E-state index contributed by atoms with van der Waals surface area (Å²) in [6.45, 7) is 2.39. The summed E-state index contributed by atoms with van der Waals surface area (Å²) < 4.78 is 55.3. The Balaban J connectivity index is 1.57. The summed E-state index contributed by atoms with van der Waals surface area (Å²) in [6, 6.07) is 6.87. The molecule has 1 unspecified atom stereocenters. The molecule has 0 saturated carbocycles. The van der Waals surface area contributed by atoms with Crippen LogP contribution in [0, 0.1) is 0 Å².